The monoisotopic (exact) mass is 334 g/mol. The SMILES string of the molecule is C[C@@H](CN1CCOCC1)NC(=O)Cn1cnc2c(cnn2C)c1=O. The molecule has 0 bridgehead atoms. The van der Waals surface area contributed by atoms with Gasteiger partial charge in [0.1, 0.15) is 18.3 Å². The molecule has 1 aliphatic heterocycles. The normalized spacial score (nSPS) is 17.1. The molecular formula is C15H22N6O3. The van der Waals surface area contributed by atoms with Crippen molar-refractivity contribution in [2.45, 2.75) is 19.5 Å². The van der Waals surface area contributed by atoms with Gasteiger partial charge in [-0.15, -0.1) is 0 Å². The van der Waals surface area contributed by atoms with E-state index in [0.29, 0.717) is 11.0 Å². The van der Waals surface area contributed by atoms with Crippen LogP contribution in [0.3, 0.4) is 0 Å². The Morgan fingerprint density at radius 1 is 1.42 bits per heavy atom. The van der Waals surface area contributed by atoms with Crippen LogP contribution in [-0.2, 0) is 23.1 Å². The van der Waals surface area contributed by atoms with Crippen LogP contribution >= 0.6 is 0 Å². The van der Waals surface area contributed by atoms with Gasteiger partial charge in [0, 0.05) is 32.7 Å². The predicted octanol–water partition coefficient (Wildman–Crippen LogP) is -1.03. The molecule has 0 aromatic carbocycles. The zero-order valence-electron chi connectivity index (χ0n) is 13.9. The number of carbonyl (C=O) groups is 1. The highest BCUT2D eigenvalue weighted by Gasteiger charge is 2.16. The van der Waals surface area contributed by atoms with E-state index in [2.05, 4.69) is 20.3 Å². The number of fused-ring (bicyclic) bond motifs is 1. The highest BCUT2D eigenvalue weighted by atomic mass is 16.5. The molecule has 3 rings (SSSR count). The average Bonchev–Trinajstić information content (AvgIpc) is 2.93. The number of aryl methyl sites for hydroxylation is 1. The van der Waals surface area contributed by atoms with E-state index in [0.717, 1.165) is 32.8 Å². The third-order valence-electron chi connectivity index (χ3n) is 4.08. The van der Waals surface area contributed by atoms with Crippen LogP contribution in [0.4, 0.5) is 0 Å². The van der Waals surface area contributed by atoms with Crippen molar-refractivity contribution < 1.29 is 9.53 Å². The number of amides is 1. The second-order valence-corrected chi connectivity index (χ2v) is 6.06. The molecule has 9 nitrogen and oxygen atoms in total. The van der Waals surface area contributed by atoms with E-state index in [1.807, 2.05) is 6.92 Å². The third-order valence-corrected chi connectivity index (χ3v) is 4.08. The van der Waals surface area contributed by atoms with Crippen LogP contribution in [0, 0.1) is 0 Å². The number of nitrogens with zero attached hydrogens (tertiary/aromatic N) is 5. The first-order valence-electron chi connectivity index (χ1n) is 8.01. The summed E-state index contributed by atoms with van der Waals surface area (Å²) in [5.41, 5.74) is 0.251. The largest absolute Gasteiger partial charge is 0.379 e. The van der Waals surface area contributed by atoms with E-state index < -0.39 is 0 Å². The maximum Gasteiger partial charge on any atom is 0.264 e. The van der Waals surface area contributed by atoms with Crippen molar-refractivity contribution in [3.63, 3.8) is 0 Å². The molecule has 9 heteroatoms. The highest BCUT2D eigenvalue weighted by Crippen LogP contribution is 2.03. The molecule has 0 radical (unpaired) electrons. The van der Waals surface area contributed by atoms with Gasteiger partial charge in [0.05, 0.1) is 19.4 Å². The Morgan fingerprint density at radius 2 is 2.17 bits per heavy atom. The minimum atomic E-state index is -0.260. The maximum absolute atomic E-state index is 12.3. The lowest BCUT2D eigenvalue weighted by Crippen LogP contribution is -2.47. The summed E-state index contributed by atoms with van der Waals surface area (Å²) >= 11 is 0. The molecule has 2 aromatic rings. The van der Waals surface area contributed by atoms with Crippen molar-refractivity contribution >= 4 is 16.9 Å². The zero-order chi connectivity index (χ0) is 17.1. The summed E-state index contributed by atoms with van der Waals surface area (Å²) in [4.78, 5) is 31.0. The molecule has 1 N–H and O–H groups in total. The van der Waals surface area contributed by atoms with Crippen molar-refractivity contribution in [3.05, 3.63) is 22.9 Å². The number of carbonyl (C=O) groups excluding carboxylic acids is 1. The molecule has 1 aliphatic rings. The summed E-state index contributed by atoms with van der Waals surface area (Å²) in [6.07, 6.45) is 2.86. The fourth-order valence-electron chi connectivity index (χ4n) is 2.87. The van der Waals surface area contributed by atoms with Gasteiger partial charge in [-0.2, -0.15) is 5.10 Å². The van der Waals surface area contributed by atoms with Gasteiger partial charge in [-0.25, -0.2) is 4.98 Å². The van der Waals surface area contributed by atoms with Crippen molar-refractivity contribution in [3.8, 4) is 0 Å². The minimum absolute atomic E-state index is 0.00128. The van der Waals surface area contributed by atoms with Gasteiger partial charge < -0.3 is 10.1 Å². The summed E-state index contributed by atoms with van der Waals surface area (Å²) < 4.78 is 8.15. The minimum Gasteiger partial charge on any atom is -0.379 e. The number of ether oxygens (including phenoxy) is 1. The molecule has 1 fully saturated rings. The van der Waals surface area contributed by atoms with E-state index in [-0.39, 0.29) is 24.1 Å². The fourth-order valence-corrected chi connectivity index (χ4v) is 2.87. The molecule has 130 valence electrons. The molecule has 0 spiro atoms. The lowest BCUT2D eigenvalue weighted by molar-refractivity contribution is -0.122. The van der Waals surface area contributed by atoms with E-state index >= 15 is 0 Å². The third kappa shape index (κ3) is 3.62. The van der Waals surface area contributed by atoms with E-state index in [1.54, 1.807) is 7.05 Å². The molecule has 0 unspecified atom stereocenters. The molecule has 2 aromatic heterocycles. The molecule has 1 saturated heterocycles. The van der Waals surface area contributed by atoms with Crippen LogP contribution in [0.1, 0.15) is 6.92 Å². The second-order valence-electron chi connectivity index (χ2n) is 6.06. The van der Waals surface area contributed by atoms with Gasteiger partial charge in [-0.1, -0.05) is 0 Å². The molecule has 3 heterocycles. The summed E-state index contributed by atoms with van der Waals surface area (Å²) in [6, 6.07) is 0.00128. The lowest BCUT2D eigenvalue weighted by atomic mass is 10.3. The van der Waals surface area contributed by atoms with Gasteiger partial charge in [0.15, 0.2) is 5.65 Å². The molecule has 0 aliphatic carbocycles. The van der Waals surface area contributed by atoms with E-state index in [4.69, 9.17) is 4.74 Å². The summed E-state index contributed by atoms with van der Waals surface area (Å²) in [5.74, 6) is -0.206. The number of hydrogen-bond acceptors (Lipinski definition) is 6. The van der Waals surface area contributed by atoms with Crippen LogP contribution in [0.2, 0.25) is 0 Å². The van der Waals surface area contributed by atoms with Crippen LogP contribution in [-0.4, -0.2) is 69.0 Å². The fraction of sp³-hybridized carbons (Fsp3) is 0.600. The first-order valence-corrected chi connectivity index (χ1v) is 8.01. The first kappa shape index (κ1) is 16.6. The molecule has 1 amide bonds. The van der Waals surface area contributed by atoms with Crippen molar-refractivity contribution in [1.82, 2.24) is 29.5 Å². The Kier molecular flexibility index (Phi) is 4.91. The Morgan fingerprint density at radius 3 is 2.92 bits per heavy atom. The van der Waals surface area contributed by atoms with Crippen LogP contribution in [0.15, 0.2) is 17.3 Å². The quantitative estimate of drug-likeness (QED) is 0.751. The number of rotatable bonds is 5. The van der Waals surface area contributed by atoms with Gasteiger partial charge >= 0.3 is 0 Å². The van der Waals surface area contributed by atoms with E-state index in [9.17, 15) is 9.59 Å². The van der Waals surface area contributed by atoms with Gasteiger partial charge in [-0.3, -0.25) is 23.7 Å². The van der Waals surface area contributed by atoms with Gasteiger partial charge in [-0.05, 0) is 6.92 Å². The summed E-state index contributed by atoms with van der Waals surface area (Å²) in [7, 11) is 1.72. The predicted molar refractivity (Wildman–Crippen MR) is 87.6 cm³/mol. The number of hydrogen-bond donors (Lipinski definition) is 1. The van der Waals surface area contributed by atoms with Crippen LogP contribution in [0.5, 0.6) is 0 Å². The van der Waals surface area contributed by atoms with Gasteiger partial charge in [0.25, 0.3) is 5.56 Å². The van der Waals surface area contributed by atoms with Crippen molar-refractivity contribution in [2.24, 2.45) is 7.05 Å². The Hall–Kier alpha value is -2.26. The van der Waals surface area contributed by atoms with Crippen molar-refractivity contribution in [2.75, 3.05) is 32.8 Å². The average molecular weight is 334 g/mol. The molecule has 0 saturated carbocycles. The smallest absolute Gasteiger partial charge is 0.264 e. The number of aromatic nitrogens is 4. The molecule has 24 heavy (non-hydrogen) atoms. The van der Waals surface area contributed by atoms with E-state index in [1.165, 1.54) is 21.8 Å². The van der Waals surface area contributed by atoms with Crippen molar-refractivity contribution in [1.29, 1.82) is 0 Å². The topological polar surface area (TPSA) is 94.3 Å². The molecule has 1 atom stereocenters. The summed E-state index contributed by atoms with van der Waals surface area (Å²) in [6.45, 7) is 5.88. The second kappa shape index (κ2) is 7.10. The highest BCUT2D eigenvalue weighted by molar-refractivity contribution is 5.77. The number of nitrogens with one attached hydrogen (secondary N) is 1. The van der Waals surface area contributed by atoms with Crippen LogP contribution < -0.4 is 10.9 Å². The number of morpholine rings is 1. The maximum atomic E-state index is 12.3. The molecular weight excluding hydrogens is 312 g/mol. The Labute approximate surface area is 139 Å². The standard InChI is InChI=1S/C15H22N6O3/c1-11(8-20-3-5-24-6-4-20)18-13(22)9-21-10-16-14-12(15(21)23)7-17-19(14)2/h7,10-11H,3-6,8-9H2,1-2H3,(H,18,22)/t11-/m0/s1. The lowest BCUT2D eigenvalue weighted by Gasteiger charge is -2.29. The summed E-state index contributed by atoms with van der Waals surface area (Å²) in [5, 5.41) is 7.35. The first-order chi connectivity index (χ1) is 11.5. The zero-order valence-corrected chi connectivity index (χ0v) is 13.9. The Bertz CT molecular complexity index is 777. The Balaban J connectivity index is 1.60. The van der Waals surface area contributed by atoms with Crippen LogP contribution in [0.25, 0.3) is 11.0 Å². The van der Waals surface area contributed by atoms with Gasteiger partial charge in [0.2, 0.25) is 5.91 Å².